The molecule has 16 heavy (non-hydrogen) atoms. The average molecular weight is 283 g/mol. The van der Waals surface area contributed by atoms with Crippen LogP contribution in [0.2, 0.25) is 0 Å². The number of benzene rings is 1. The SMILES string of the molecule is COC1c2cc(C(C)C)cc(Br)c2CC1C. The quantitative estimate of drug-likeness (QED) is 0.779. The highest BCUT2D eigenvalue weighted by Gasteiger charge is 2.31. The normalized spacial score (nSPS) is 23.9. The highest BCUT2D eigenvalue weighted by atomic mass is 79.9. The Labute approximate surface area is 106 Å². The molecule has 0 N–H and O–H groups in total. The lowest BCUT2D eigenvalue weighted by Crippen LogP contribution is -2.05. The van der Waals surface area contributed by atoms with E-state index in [2.05, 4.69) is 48.8 Å². The molecule has 0 saturated carbocycles. The highest BCUT2D eigenvalue weighted by molar-refractivity contribution is 9.10. The maximum atomic E-state index is 5.62. The summed E-state index contributed by atoms with van der Waals surface area (Å²) in [5.74, 6) is 1.15. The number of rotatable bonds is 2. The smallest absolute Gasteiger partial charge is 0.0852 e. The summed E-state index contributed by atoms with van der Waals surface area (Å²) in [6.07, 6.45) is 1.39. The lowest BCUT2D eigenvalue weighted by molar-refractivity contribution is 0.0694. The van der Waals surface area contributed by atoms with E-state index < -0.39 is 0 Å². The Morgan fingerprint density at radius 3 is 2.62 bits per heavy atom. The molecule has 0 aliphatic heterocycles. The molecule has 0 aromatic heterocycles. The largest absolute Gasteiger partial charge is 0.376 e. The molecule has 1 aromatic rings. The van der Waals surface area contributed by atoms with Crippen LogP contribution in [-0.2, 0) is 11.2 Å². The number of methoxy groups -OCH3 is 1. The van der Waals surface area contributed by atoms with Gasteiger partial charge < -0.3 is 4.74 Å². The summed E-state index contributed by atoms with van der Waals surface area (Å²) in [5.41, 5.74) is 4.21. The van der Waals surface area contributed by atoms with Crippen molar-refractivity contribution in [2.24, 2.45) is 5.92 Å². The molecule has 2 atom stereocenters. The number of ether oxygens (including phenoxy) is 1. The summed E-state index contributed by atoms with van der Waals surface area (Å²) in [7, 11) is 1.81. The molecule has 0 saturated heterocycles. The van der Waals surface area contributed by atoms with Gasteiger partial charge in [0, 0.05) is 11.6 Å². The van der Waals surface area contributed by atoms with Crippen molar-refractivity contribution in [3.05, 3.63) is 33.3 Å². The molecule has 1 aliphatic rings. The van der Waals surface area contributed by atoms with Crippen LogP contribution >= 0.6 is 15.9 Å². The maximum Gasteiger partial charge on any atom is 0.0852 e. The van der Waals surface area contributed by atoms with Crippen molar-refractivity contribution in [1.29, 1.82) is 0 Å². The van der Waals surface area contributed by atoms with Crippen LogP contribution in [-0.4, -0.2) is 7.11 Å². The van der Waals surface area contributed by atoms with Gasteiger partial charge in [0.2, 0.25) is 0 Å². The number of halogens is 1. The molecule has 0 bridgehead atoms. The lowest BCUT2D eigenvalue weighted by Gasteiger charge is -2.16. The van der Waals surface area contributed by atoms with Gasteiger partial charge in [-0.3, -0.25) is 0 Å². The molecule has 2 heteroatoms. The van der Waals surface area contributed by atoms with E-state index in [1.165, 1.54) is 21.2 Å². The van der Waals surface area contributed by atoms with Crippen LogP contribution in [0.4, 0.5) is 0 Å². The molecule has 0 spiro atoms. The summed E-state index contributed by atoms with van der Waals surface area (Å²) >= 11 is 3.70. The average Bonchev–Trinajstić information content (AvgIpc) is 2.54. The lowest BCUT2D eigenvalue weighted by atomic mass is 9.98. The van der Waals surface area contributed by atoms with E-state index in [-0.39, 0.29) is 6.10 Å². The van der Waals surface area contributed by atoms with Crippen molar-refractivity contribution in [1.82, 2.24) is 0 Å². The zero-order chi connectivity index (χ0) is 11.9. The van der Waals surface area contributed by atoms with Crippen molar-refractivity contribution < 1.29 is 4.74 Å². The Bertz CT molecular complexity index is 398. The van der Waals surface area contributed by atoms with Crippen molar-refractivity contribution in [3.63, 3.8) is 0 Å². The minimum absolute atomic E-state index is 0.269. The minimum atomic E-state index is 0.269. The Kier molecular flexibility index (Phi) is 3.41. The first-order valence-corrected chi connectivity index (χ1v) is 6.69. The second-order valence-corrected chi connectivity index (χ2v) is 5.92. The van der Waals surface area contributed by atoms with E-state index in [9.17, 15) is 0 Å². The van der Waals surface area contributed by atoms with Gasteiger partial charge in [0.05, 0.1) is 6.10 Å². The summed E-state index contributed by atoms with van der Waals surface area (Å²) in [5, 5.41) is 0. The number of fused-ring (bicyclic) bond motifs is 1. The second kappa shape index (κ2) is 4.50. The topological polar surface area (TPSA) is 9.23 Å². The van der Waals surface area contributed by atoms with E-state index >= 15 is 0 Å². The van der Waals surface area contributed by atoms with Crippen LogP contribution in [0, 0.1) is 5.92 Å². The zero-order valence-electron chi connectivity index (χ0n) is 10.4. The van der Waals surface area contributed by atoms with Gasteiger partial charge in [-0.2, -0.15) is 0 Å². The van der Waals surface area contributed by atoms with Crippen LogP contribution in [0.3, 0.4) is 0 Å². The van der Waals surface area contributed by atoms with Crippen molar-refractivity contribution >= 4 is 15.9 Å². The van der Waals surface area contributed by atoms with E-state index in [1.54, 1.807) is 0 Å². The zero-order valence-corrected chi connectivity index (χ0v) is 12.0. The van der Waals surface area contributed by atoms with Crippen LogP contribution in [0.25, 0.3) is 0 Å². The van der Waals surface area contributed by atoms with Gasteiger partial charge in [-0.05, 0) is 41.0 Å². The maximum absolute atomic E-state index is 5.62. The van der Waals surface area contributed by atoms with Gasteiger partial charge in [-0.15, -0.1) is 0 Å². The Morgan fingerprint density at radius 1 is 1.38 bits per heavy atom. The Hall–Kier alpha value is -0.340. The molecule has 1 aromatic carbocycles. The third-order valence-corrected chi connectivity index (χ3v) is 4.23. The molecule has 2 rings (SSSR count). The fourth-order valence-electron chi connectivity index (χ4n) is 2.58. The fourth-order valence-corrected chi connectivity index (χ4v) is 3.23. The predicted molar refractivity (Wildman–Crippen MR) is 70.8 cm³/mol. The van der Waals surface area contributed by atoms with Gasteiger partial charge in [0.15, 0.2) is 0 Å². The first-order chi connectivity index (χ1) is 7.54. The second-order valence-electron chi connectivity index (χ2n) is 5.06. The molecule has 1 aliphatic carbocycles. The monoisotopic (exact) mass is 282 g/mol. The number of hydrogen-bond donors (Lipinski definition) is 0. The van der Waals surface area contributed by atoms with E-state index in [0.29, 0.717) is 11.8 Å². The molecule has 0 heterocycles. The summed E-state index contributed by atoms with van der Waals surface area (Å²) in [4.78, 5) is 0. The summed E-state index contributed by atoms with van der Waals surface area (Å²) in [6.45, 7) is 6.72. The van der Waals surface area contributed by atoms with Crippen LogP contribution in [0.1, 0.15) is 49.5 Å². The van der Waals surface area contributed by atoms with Gasteiger partial charge in [0.1, 0.15) is 0 Å². The molecular formula is C14H19BrO. The molecule has 2 unspecified atom stereocenters. The number of hydrogen-bond acceptors (Lipinski definition) is 1. The predicted octanol–water partition coefficient (Wildman–Crippen LogP) is 4.45. The fraction of sp³-hybridized carbons (Fsp3) is 0.571. The van der Waals surface area contributed by atoms with Crippen LogP contribution in [0.5, 0.6) is 0 Å². The molecule has 0 amide bonds. The standard InChI is InChI=1S/C14H19BrO/c1-8(2)10-6-12-11(13(15)7-10)5-9(3)14(12)16-4/h6-9,14H,5H2,1-4H3. The Balaban J connectivity index is 2.50. The van der Waals surface area contributed by atoms with E-state index in [4.69, 9.17) is 4.74 Å². The Morgan fingerprint density at radius 2 is 2.06 bits per heavy atom. The summed E-state index contributed by atoms with van der Waals surface area (Å²) < 4.78 is 6.87. The van der Waals surface area contributed by atoms with Crippen LogP contribution in [0.15, 0.2) is 16.6 Å². The molecule has 88 valence electrons. The first kappa shape index (κ1) is 12.1. The molecule has 1 nitrogen and oxygen atoms in total. The third kappa shape index (κ3) is 1.93. The summed E-state index contributed by atoms with van der Waals surface area (Å²) in [6, 6.07) is 4.58. The van der Waals surface area contributed by atoms with Crippen LogP contribution < -0.4 is 0 Å². The molecule has 0 radical (unpaired) electrons. The van der Waals surface area contributed by atoms with Crippen molar-refractivity contribution in [3.8, 4) is 0 Å². The van der Waals surface area contributed by atoms with E-state index in [0.717, 1.165) is 6.42 Å². The van der Waals surface area contributed by atoms with Gasteiger partial charge >= 0.3 is 0 Å². The van der Waals surface area contributed by atoms with Crippen molar-refractivity contribution in [2.75, 3.05) is 7.11 Å². The molecular weight excluding hydrogens is 264 g/mol. The highest BCUT2D eigenvalue weighted by Crippen LogP contribution is 2.42. The van der Waals surface area contributed by atoms with Gasteiger partial charge in [0.25, 0.3) is 0 Å². The minimum Gasteiger partial charge on any atom is -0.376 e. The first-order valence-electron chi connectivity index (χ1n) is 5.89. The van der Waals surface area contributed by atoms with E-state index in [1.807, 2.05) is 7.11 Å². The molecule has 0 fully saturated rings. The van der Waals surface area contributed by atoms with Gasteiger partial charge in [-0.25, -0.2) is 0 Å². The third-order valence-electron chi connectivity index (χ3n) is 3.52. The van der Waals surface area contributed by atoms with Crippen molar-refractivity contribution in [2.45, 2.75) is 39.2 Å². The van der Waals surface area contributed by atoms with Gasteiger partial charge in [-0.1, -0.05) is 42.8 Å².